The number of carbonyl (C=O) groups is 1. The SMILES string of the molecule is CC/C=C\C/C=C\C/C=C\C/C=C\C/C=C\C/C=C\C/C=C\C/C=C\CCCCCCC(=O)NC(CO)C(O)/C=C/CCCCCCCCCCCCCCC. The molecule has 318 valence electrons. The fourth-order valence-electron chi connectivity index (χ4n) is 6.25. The highest BCUT2D eigenvalue weighted by Crippen LogP contribution is 2.13. The number of rotatable bonds is 40. The molecule has 0 rings (SSSR count). The summed E-state index contributed by atoms with van der Waals surface area (Å²) in [5, 5.41) is 23.0. The van der Waals surface area contributed by atoms with Gasteiger partial charge in [0.25, 0.3) is 0 Å². The van der Waals surface area contributed by atoms with Crippen LogP contribution in [0.3, 0.4) is 0 Å². The number of nitrogens with one attached hydrogen (secondary N) is 1. The van der Waals surface area contributed by atoms with E-state index in [0.29, 0.717) is 6.42 Å². The highest BCUT2D eigenvalue weighted by molar-refractivity contribution is 5.76. The van der Waals surface area contributed by atoms with E-state index < -0.39 is 12.1 Å². The second-order valence-electron chi connectivity index (χ2n) is 15.1. The maximum absolute atomic E-state index is 12.4. The maximum Gasteiger partial charge on any atom is 0.220 e. The minimum absolute atomic E-state index is 0.0938. The van der Waals surface area contributed by atoms with Gasteiger partial charge in [-0.05, 0) is 83.5 Å². The summed E-state index contributed by atoms with van der Waals surface area (Å²) in [5.41, 5.74) is 0. The van der Waals surface area contributed by atoms with E-state index in [2.05, 4.69) is 116 Å². The van der Waals surface area contributed by atoms with Gasteiger partial charge in [-0.2, -0.15) is 0 Å². The molecule has 0 aromatic heterocycles. The molecule has 2 unspecified atom stereocenters. The van der Waals surface area contributed by atoms with E-state index >= 15 is 0 Å². The summed E-state index contributed by atoms with van der Waals surface area (Å²) in [4.78, 5) is 12.4. The van der Waals surface area contributed by atoms with Crippen molar-refractivity contribution in [3.8, 4) is 0 Å². The quantitative estimate of drug-likeness (QED) is 0.0429. The second kappa shape index (κ2) is 46.4. The topological polar surface area (TPSA) is 69.6 Å². The molecule has 0 aliphatic carbocycles. The van der Waals surface area contributed by atoms with Gasteiger partial charge in [-0.1, -0.05) is 213 Å². The van der Waals surface area contributed by atoms with Crippen LogP contribution in [-0.2, 0) is 4.79 Å². The van der Waals surface area contributed by atoms with Crippen LogP contribution in [0.4, 0.5) is 0 Å². The van der Waals surface area contributed by atoms with Crippen molar-refractivity contribution in [1.82, 2.24) is 5.32 Å². The molecule has 2 atom stereocenters. The molecule has 0 fully saturated rings. The van der Waals surface area contributed by atoms with Crippen LogP contribution in [0.25, 0.3) is 0 Å². The van der Waals surface area contributed by atoms with Gasteiger partial charge < -0.3 is 15.5 Å². The van der Waals surface area contributed by atoms with E-state index in [-0.39, 0.29) is 12.5 Å². The van der Waals surface area contributed by atoms with Gasteiger partial charge in [-0.3, -0.25) is 4.79 Å². The third kappa shape index (κ3) is 42.2. The summed E-state index contributed by atoms with van der Waals surface area (Å²) < 4.78 is 0. The molecule has 0 aliphatic heterocycles. The number of aliphatic hydroxyl groups is 2. The lowest BCUT2D eigenvalue weighted by Gasteiger charge is -2.20. The molecule has 0 saturated heterocycles. The van der Waals surface area contributed by atoms with Gasteiger partial charge in [0.05, 0.1) is 18.8 Å². The number of carbonyl (C=O) groups excluding carboxylic acids is 1. The molecule has 0 aromatic rings. The van der Waals surface area contributed by atoms with Crippen molar-refractivity contribution in [3.05, 3.63) is 109 Å². The van der Waals surface area contributed by atoms with Crippen LogP contribution >= 0.6 is 0 Å². The van der Waals surface area contributed by atoms with Gasteiger partial charge in [-0.25, -0.2) is 0 Å². The molecule has 4 nitrogen and oxygen atoms in total. The van der Waals surface area contributed by atoms with Crippen molar-refractivity contribution < 1.29 is 15.0 Å². The molecular weight excluding hydrogens is 687 g/mol. The minimum atomic E-state index is -0.857. The highest BCUT2D eigenvalue weighted by Gasteiger charge is 2.17. The Bertz CT molecular complexity index is 1110. The van der Waals surface area contributed by atoms with Gasteiger partial charge in [-0.15, -0.1) is 0 Å². The highest BCUT2D eigenvalue weighted by atomic mass is 16.3. The summed E-state index contributed by atoms with van der Waals surface area (Å²) in [5.74, 6) is -0.0938. The summed E-state index contributed by atoms with van der Waals surface area (Å²) in [6, 6.07) is -0.643. The third-order valence-corrected chi connectivity index (χ3v) is 9.76. The van der Waals surface area contributed by atoms with Crippen LogP contribution in [0, 0.1) is 0 Å². The first-order valence-electron chi connectivity index (χ1n) is 23.1. The van der Waals surface area contributed by atoms with Gasteiger partial charge >= 0.3 is 0 Å². The largest absolute Gasteiger partial charge is 0.394 e. The lowest BCUT2D eigenvalue weighted by atomic mass is 10.0. The van der Waals surface area contributed by atoms with Crippen LogP contribution in [0.15, 0.2) is 109 Å². The first kappa shape index (κ1) is 53.0. The molecule has 0 aliphatic rings. The van der Waals surface area contributed by atoms with Crippen molar-refractivity contribution in [3.63, 3.8) is 0 Å². The zero-order chi connectivity index (χ0) is 40.7. The van der Waals surface area contributed by atoms with Gasteiger partial charge in [0, 0.05) is 6.42 Å². The Balaban J connectivity index is 3.71. The number of allylic oxidation sites excluding steroid dienone is 17. The first-order valence-corrected chi connectivity index (χ1v) is 23.1. The zero-order valence-electron chi connectivity index (χ0n) is 36.4. The fraction of sp³-hybridized carbons (Fsp3) is 0.635. The lowest BCUT2D eigenvalue weighted by Crippen LogP contribution is -2.45. The van der Waals surface area contributed by atoms with E-state index in [1.165, 1.54) is 77.0 Å². The average Bonchev–Trinajstić information content (AvgIpc) is 3.20. The van der Waals surface area contributed by atoms with E-state index in [1.54, 1.807) is 6.08 Å². The smallest absolute Gasteiger partial charge is 0.220 e. The Morgan fingerprint density at radius 2 is 0.786 bits per heavy atom. The standard InChI is InChI=1S/C52H87NO3/c1-3-5-7-9-11-13-15-17-19-20-21-22-23-24-25-26-27-28-29-30-31-32-34-36-38-40-42-44-46-48-52(56)53-50(49-54)51(55)47-45-43-41-39-37-35-33-18-16-14-12-10-8-6-4-2/h5,7,11,13,17,19,21-22,24-25,27-28,30-31,34,36,45,47,50-51,54-55H,3-4,6,8-10,12,14-16,18,20,23,26,29,32-33,35,37-44,46,48-49H2,1-2H3,(H,53,56)/b7-5-,13-11-,19-17-,22-21-,25-24-,28-27-,31-30-,36-34-,47-45+. The van der Waals surface area contributed by atoms with Crippen molar-refractivity contribution in [2.24, 2.45) is 0 Å². The summed E-state index contributed by atoms with van der Waals surface area (Å²) in [6.07, 6.45) is 70.5. The molecule has 0 heterocycles. The van der Waals surface area contributed by atoms with Crippen LogP contribution in [-0.4, -0.2) is 34.9 Å². The molecule has 0 radical (unpaired) electrons. The number of hydrogen-bond acceptors (Lipinski definition) is 3. The second-order valence-corrected chi connectivity index (χ2v) is 15.1. The van der Waals surface area contributed by atoms with Gasteiger partial charge in [0.1, 0.15) is 0 Å². The Hall–Kier alpha value is -2.95. The van der Waals surface area contributed by atoms with Crippen molar-refractivity contribution in [1.29, 1.82) is 0 Å². The molecule has 1 amide bonds. The molecule has 56 heavy (non-hydrogen) atoms. The van der Waals surface area contributed by atoms with E-state index in [9.17, 15) is 15.0 Å². The molecule has 4 heteroatoms. The van der Waals surface area contributed by atoms with Gasteiger partial charge in [0.15, 0.2) is 0 Å². The Morgan fingerprint density at radius 1 is 0.446 bits per heavy atom. The Labute approximate surface area is 346 Å². The predicted octanol–water partition coefficient (Wildman–Crippen LogP) is 14.8. The van der Waals surface area contributed by atoms with Crippen LogP contribution in [0.1, 0.15) is 194 Å². The third-order valence-electron chi connectivity index (χ3n) is 9.76. The van der Waals surface area contributed by atoms with Crippen molar-refractivity contribution in [2.75, 3.05) is 6.61 Å². The molecule has 0 saturated carbocycles. The lowest BCUT2D eigenvalue weighted by molar-refractivity contribution is -0.123. The maximum atomic E-state index is 12.4. The van der Waals surface area contributed by atoms with Crippen LogP contribution in [0.2, 0.25) is 0 Å². The van der Waals surface area contributed by atoms with Crippen LogP contribution < -0.4 is 5.32 Å². The normalized spacial score (nSPS) is 14.0. The number of unbranched alkanes of at least 4 members (excludes halogenated alkanes) is 17. The van der Waals surface area contributed by atoms with Gasteiger partial charge in [0.2, 0.25) is 5.91 Å². The molecular formula is C52H87NO3. The van der Waals surface area contributed by atoms with Crippen LogP contribution in [0.5, 0.6) is 0 Å². The molecule has 3 N–H and O–H groups in total. The number of hydrogen-bond donors (Lipinski definition) is 3. The van der Waals surface area contributed by atoms with E-state index in [0.717, 1.165) is 96.3 Å². The Kier molecular flexibility index (Phi) is 44.0. The number of amides is 1. The van der Waals surface area contributed by atoms with E-state index in [1.807, 2.05) is 6.08 Å². The monoisotopic (exact) mass is 774 g/mol. The molecule has 0 aromatic carbocycles. The zero-order valence-corrected chi connectivity index (χ0v) is 36.4. The predicted molar refractivity (Wildman–Crippen MR) is 248 cm³/mol. The minimum Gasteiger partial charge on any atom is -0.394 e. The van der Waals surface area contributed by atoms with E-state index in [4.69, 9.17) is 0 Å². The summed E-state index contributed by atoms with van der Waals surface area (Å²) in [6.45, 7) is 4.17. The molecule has 0 spiro atoms. The van der Waals surface area contributed by atoms with Crippen molar-refractivity contribution in [2.45, 2.75) is 206 Å². The molecule has 0 bridgehead atoms. The van der Waals surface area contributed by atoms with Crippen molar-refractivity contribution >= 4 is 5.91 Å². The average molecular weight is 774 g/mol. The summed E-state index contributed by atoms with van der Waals surface area (Å²) >= 11 is 0. The summed E-state index contributed by atoms with van der Waals surface area (Å²) in [7, 11) is 0. The fourth-order valence-corrected chi connectivity index (χ4v) is 6.25. The first-order chi connectivity index (χ1) is 27.7. The number of aliphatic hydroxyl groups excluding tert-OH is 2. The Morgan fingerprint density at radius 3 is 1.18 bits per heavy atom.